The molecule has 0 spiro atoms. The zero-order valence-corrected chi connectivity index (χ0v) is 13.4. The standard InChI is InChI=1S/C14H10Cl2N4S/c1-2-21-13-10-12(19-14(16)20-13)18-11(15)9(17-10)8-6-4-3-5-7-8/h3-7H,2H2,1H3. The van der Waals surface area contributed by atoms with Crippen LogP contribution in [0.25, 0.3) is 22.4 Å². The van der Waals surface area contributed by atoms with Crippen molar-refractivity contribution in [3.8, 4) is 11.3 Å². The first-order valence-electron chi connectivity index (χ1n) is 6.28. The number of halogens is 2. The lowest BCUT2D eigenvalue weighted by Crippen LogP contribution is -1.98. The van der Waals surface area contributed by atoms with E-state index in [1.165, 1.54) is 0 Å². The number of aromatic nitrogens is 4. The van der Waals surface area contributed by atoms with Crippen molar-refractivity contribution in [2.45, 2.75) is 11.9 Å². The van der Waals surface area contributed by atoms with Gasteiger partial charge in [-0.05, 0) is 17.4 Å². The van der Waals surface area contributed by atoms with Crippen LogP contribution in [0.5, 0.6) is 0 Å². The molecule has 0 aliphatic carbocycles. The van der Waals surface area contributed by atoms with Crippen molar-refractivity contribution in [2.24, 2.45) is 0 Å². The molecule has 0 aliphatic heterocycles. The Morgan fingerprint density at radius 1 is 1.00 bits per heavy atom. The summed E-state index contributed by atoms with van der Waals surface area (Å²) in [6.45, 7) is 2.04. The quantitative estimate of drug-likeness (QED) is 0.400. The highest BCUT2D eigenvalue weighted by Crippen LogP contribution is 2.30. The number of hydrogen-bond acceptors (Lipinski definition) is 5. The monoisotopic (exact) mass is 336 g/mol. The van der Waals surface area contributed by atoms with Crippen molar-refractivity contribution in [3.63, 3.8) is 0 Å². The Labute approximate surface area is 136 Å². The molecule has 1 aromatic carbocycles. The molecule has 3 aromatic rings. The highest BCUT2D eigenvalue weighted by atomic mass is 35.5. The molecule has 0 saturated carbocycles. The third-order valence-electron chi connectivity index (χ3n) is 2.76. The number of benzene rings is 1. The van der Waals surface area contributed by atoms with Crippen molar-refractivity contribution in [2.75, 3.05) is 5.75 Å². The summed E-state index contributed by atoms with van der Waals surface area (Å²) in [5.74, 6) is 0.855. The van der Waals surface area contributed by atoms with Gasteiger partial charge in [-0.25, -0.2) is 15.0 Å². The van der Waals surface area contributed by atoms with Crippen LogP contribution >= 0.6 is 35.0 Å². The molecular weight excluding hydrogens is 327 g/mol. The summed E-state index contributed by atoms with van der Waals surface area (Å²) in [6.07, 6.45) is 0. The van der Waals surface area contributed by atoms with Crippen molar-refractivity contribution in [1.29, 1.82) is 0 Å². The van der Waals surface area contributed by atoms with E-state index in [0.717, 1.165) is 11.3 Å². The Balaban J connectivity index is 2.26. The van der Waals surface area contributed by atoms with E-state index in [-0.39, 0.29) is 5.28 Å². The summed E-state index contributed by atoms with van der Waals surface area (Å²) in [5.41, 5.74) is 2.55. The van der Waals surface area contributed by atoms with Gasteiger partial charge in [0.2, 0.25) is 5.28 Å². The van der Waals surface area contributed by atoms with Crippen LogP contribution in [-0.2, 0) is 0 Å². The average molecular weight is 337 g/mol. The molecular formula is C14H10Cl2N4S. The van der Waals surface area contributed by atoms with Crippen molar-refractivity contribution in [1.82, 2.24) is 19.9 Å². The maximum absolute atomic E-state index is 6.24. The summed E-state index contributed by atoms with van der Waals surface area (Å²) in [7, 11) is 0. The van der Waals surface area contributed by atoms with E-state index < -0.39 is 0 Å². The Kier molecular flexibility index (Phi) is 4.24. The van der Waals surface area contributed by atoms with E-state index in [0.29, 0.717) is 27.0 Å². The van der Waals surface area contributed by atoms with Gasteiger partial charge < -0.3 is 0 Å². The van der Waals surface area contributed by atoms with Crippen LogP contribution in [0.2, 0.25) is 10.4 Å². The lowest BCUT2D eigenvalue weighted by molar-refractivity contribution is 1.05. The number of hydrogen-bond donors (Lipinski definition) is 0. The molecule has 106 valence electrons. The van der Waals surface area contributed by atoms with E-state index in [1.54, 1.807) is 11.8 Å². The molecule has 2 heterocycles. The fourth-order valence-corrected chi connectivity index (χ4v) is 3.04. The molecule has 0 aliphatic rings. The predicted molar refractivity (Wildman–Crippen MR) is 87.0 cm³/mol. The second kappa shape index (κ2) is 6.13. The molecule has 0 atom stereocenters. The van der Waals surface area contributed by atoms with Crippen LogP contribution in [0.4, 0.5) is 0 Å². The molecule has 2 aromatic heterocycles. The van der Waals surface area contributed by atoms with Crippen LogP contribution in [0.1, 0.15) is 6.92 Å². The Morgan fingerprint density at radius 2 is 1.76 bits per heavy atom. The van der Waals surface area contributed by atoms with E-state index in [1.807, 2.05) is 37.3 Å². The minimum absolute atomic E-state index is 0.149. The fourth-order valence-electron chi connectivity index (χ4n) is 1.89. The third-order valence-corrected chi connectivity index (χ3v) is 4.04. The van der Waals surface area contributed by atoms with Crippen LogP contribution in [0.15, 0.2) is 35.4 Å². The van der Waals surface area contributed by atoms with E-state index in [2.05, 4.69) is 19.9 Å². The number of nitrogens with zero attached hydrogens (tertiary/aromatic N) is 4. The van der Waals surface area contributed by atoms with Gasteiger partial charge in [-0.3, -0.25) is 0 Å². The topological polar surface area (TPSA) is 51.6 Å². The Bertz CT molecular complexity index is 796. The third kappa shape index (κ3) is 2.95. The predicted octanol–water partition coefficient (Wildman–Crippen LogP) is 4.51. The zero-order valence-electron chi connectivity index (χ0n) is 11.0. The molecule has 0 unspecified atom stereocenters. The minimum Gasteiger partial charge on any atom is -0.238 e. The smallest absolute Gasteiger partial charge is 0.225 e. The number of thioether (sulfide) groups is 1. The summed E-state index contributed by atoms with van der Waals surface area (Å²) < 4.78 is 0. The van der Waals surface area contributed by atoms with Crippen molar-refractivity contribution < 1.29 is 0 Å². The molecule has 4 nitrogen and oxygen atoms in total. The first kappa shape index (κ1) is 14.5. The van der Waals surface area contributed by atoms with Gasteiger partial charge in [0, 0.05) is 5.56 Å². The summed E-state index contributed by atoms with van der Waals surface area (Å²) >= 11 is 13.7. The normalized spacial score (nSPS) is 11.0. The van der Waals surface area contributed by atoms with Crippen LogP contribution < -0.4 is 0 Å². The van der Waals surface area contributed by atoms with Gasteiger partial charge >= 0.3 is 0 Å². The SMILES string of the molecule is CCSc1nc(Cl)nc2nc(Cl)c(-c3ccccc3)nc12. The van der Waals surface area contributed by atoms with Gasteiger partial charge in [0.1, 0.15) is 16.2 Å². The van der Waals surface area contributed by atoms with E-state index >= 15 is 0 Å². The maximum atomic E-state index is 6.24. The Hall–Kier alpha value is -1.43. The van der Waals surface area contributed by atoms with Crippen LogP contribution in [0.3, 0.4) is 0 Å². The first-order valence-corrected chi connectivity index (χ1v) is 8.02. The number of fused-ring (bicyclic) bond motifs is 1. The summed E-state index contributed by atoms with van der Waals surface area (Å²) in [4.78, 5) is 17.2. The van der Waals surface area contributed by atoms with Crippen molar-refractivity contribution >= 4 is 46.1 Å². The van der Waals surface area contributed by atoms with E-state index in [9.17, 15) is 0 Å². The minimum atomic E-state index is 0.149. The van der Waals surface area contributed by atoms with Crippen molar-refractivity contribution in [3.05, 3.63) is 40.8 Å². The molecule has 7 heteroatoms. The zero-order chi connectivity index (χ0) is 14.8. The summed E-state index contributed by atoms with van der Waals surface area (Å²) in [6, 6.07) is 9.67. The lowest BCUT2D eigenvalue weighted by atomic mass is 10.2. The average Bonchev–Trinajstić information content (AvgIpc) is 2.47. The first-order chi connectivity index (χ1) is 10.2. The highest BCUT2D eigenvalue weighted by Gasteiger charge is 2.15. The van der Waals surface area contributed by atoms with Gasteiger partial charge in [-0.2, -0.15) is 4.98 Å². The van der Waals surface area contributed by atoms with E-state index in [4.69, 9.17) is 23.2 Å². The lowest BCUT2D eigenvalue weighted by Gasteiger charge is -2.07. The molecule has 0 N–H and O–H groups in total. The van der Waals surface area contributed by atoms with Crippen LogP contribution in [-0.4, -0.2) is 25.7 Å². The molecule has 0 amide bonds. The fraction of sp³-hybridized carbons (Fsp3) is 0.143. The Morgan fingerprint density at radius 3 is 2.48 bits per heavy atom. The molecule has 0 saturated heterocycles. The highest BCUT2D eigenvalue weighted by molar-refractivity contribution is 7.99. The van der Waals surface area contributed by atoms with Gasteiger partial charge in [0.05, 0.1) is 0 Å². The second-order valence-electron chi connectivity index (χ2n) is 4.13. The molecule has 3 rings (SSSR count). The largest absolute Gasteiger partial charge is 0.238 e. The molecule has 0 bridgehead atoms. The molecule has 21 heavy (non-hydrogen) atoms. The maximum Gasteiger partial charge on any atom is 0.225 e. The molecule has 0 fully saturated rings. The van der Waals surface area contributed by atoms with Gasteiger partial charge in [0.25, 0.3) is 0 Å². The van der Waals surface area contributed by atoms with Gasteiger partial charge in [0.15, 0.2) is 10.8 Å². The number of rotatable bonds is 3. The summed E-state index contributed by atoms with van der Waals surface area (Å²) in [5, 5.41) is 1.17. The van der Waals surface area contributed by atoms with Gasteiger partial charge in [-0.1, -0.05) is 48.9 Å². The van der Waals surface area contributed by atoms with Crippen LogP contribution in [0, 0.1) is 0 Å². The second-order valence-corrected chi connectivity index (χ2v) is 6.08. The molecule has 0 radical (unpaired) electrons. The van der Waals surface area contributed by atoms with Gasteiger partial charge in [-0.15, -0.1) is 11.8 Å².